The van der Waals surface area contributed by atoms with Gasteiger partial charge in [-0.05, 0) is 34.5 Å². The standard InChI is InChI=1S/C8H10BrNO2/c1-5(7(9)4-10)3-6(2)8(11)12/h3-4H,2,10H2,1H3,(H,11,12)/b5-3-,7-4+. The number of halogens is 1. The van der Waals surface area contributed by atoms with Crippen LogP contribution in [-0.2, 0) is 4.79 Å². The number of carboxylic acids is 1. The predicted molar refractivity (Wildman–Crippen MR) is 51.7 cm³/mol. The summed E-state index contributed by atoms with van der Waals surface area (Å²) in [7, 11) is 0. The third-order valence-corrected chi connectivity index (χ3v) is 2.08. The van der Waals surface area contributed by atoms with E-state index in [4.69, 9.17) is 10.8 Å². The molecule has 0 rings (SSSR count). The lowest BCUT2D eigenvalue weighted by molar-refractivity contribution is -0.132. The van der Waals surface area contributed by atoms with Crippen molar-refractivity contribution in [3.63, 3.8) is 0 Å². The molecule has 0 aliphatic rings. The molecule has 0 amide bonds. The van der Waals surface area contributed by atoms with Gasteiger partial charge in [-0.3, -0.25) is 0 Å². The zero-order valence-electron chi connectivity index (χ0n) is 6.67. The molecule has 0 atom stereocenters. The fourth-order valence-corrected chi connectivity index (χ4v) is 0.638. The Bertz CT molecular complexity index is 266. The Morgan fingerprint density at radius 1 is 1.67 bits per heavy atom. The van der Waals surface area contributed by atoms with Crippen molar-refractivity contribution >= 4 is 21.9 Å². The van der Waals surface area contributed by atoms with Crippen LogP contribution >= 0.6 is 15.9 Å². The van der Waals surface area contributed by atoms with Crippen molar-refractivity contribution in [1.29, 1.82) is 0 Å². The summed E-state index contributed by atoms with van der Waals surface area (Å²) >= 11 is 3.15. The molecule has 0 aromatic rings. The number of allylic oxidation sites excluding steroid dienone is 2. The number of hydrogen-bond donors (Lipinski definition) is 2. The highest BCUT2D eigenvalue weighted by Crippen LogP contribution is 2.16. The van der Waals surface area contributed by atoms with Crippen LogP contribution in [0.2, 0.25) is 0 Å². The lowest BCUT2D eigenvalue weighted by atomic mass is 10.2. The Morgan fingerprint density at radius 3 is 2.50 bits per heavy atom. The van der Waals surface area contributed by atoms with Gasteiger partial charge in [0, 0.05) is 10.7 Å². The molecule has 0 radical (unpaired) electrons. The highest BCUT2D eigenvalue weighted by Gasteiger charge is 2.01. The molecule has 0 aromatic carbocycles. The minimum atomic E-state index is -1.04. The van der Waals surface area contributed by atoms with Crippen LogP contribution in [0.4, 0.5) is 0 Å². The van der Waals surface area contributed by atoms with Gasteiger partial charge in [0.05, 0.1) is 5.57 Å². The molecule has 0 heterocycles. The number of hydrogen-bond acceptors (Lipinski definition) is 2. The second-order valence-corrected chi connectivity index (χ2v) is 3.03. The Hall–Kier alpha value is -1.03. The third-order valence-electron chi connectivity index (χ3n) is 1.19. The largest absolute Gasteiger partial charge is 0.478 e. The fraction of sp³-hybridized carbons (Fsp3) is 0.125. The first-order valence-corrected chi connectivity index (χ1v) is 3.96. The van der Waals surface area contributed by atoms with Crippen molar-refractivity contribution in [2.75, 3.05) is 0 Å². The average Bonchev–Trinajstić information content (AvgIpc) is 2.02. The van der Waals surface area contributed by atoms with E-state index < -0.39 is 5.97 Å². The summed E-state index contributed by atoms with van der Waals surface area (Å²) in [5.74, 6) is -1.04. The van der Waals surface area contributed by atoms with Gasteiger partial charge < -0.3 is 10.8 Å². The number of nitrogens with two attached hydrogens (primary N) is 1. The van der Waals surface area contributed by atoms with Gasteiger partial charge in [-0.15, -0.1) is 0 Å². The summed E-state index contributed by atoms with van der Waals surface area (Å²) in [4.78, 5) is 10.3. The molecule has 0 saturated carbocycles. The van der Waals surface area contributed by atoms with Crippen molar-refractivity contribution in [3.05, 3.63) is 34.5 Å². The fourth-order valence-electron chi connectivity index (χ4n) is 0.523. The number of carbonyl (C=O) groups is 1. The van der Waals surface area contributed by atoms with Gasteiger partial charge in [0.2, 0.25) is 0 Å². The van der Waals surface area contributed by atoms with Crippen molar-refractivity contribution in [2.24, 2.45) is 5.73 Å². The number of aliphatic carboxylic acids is 1. The first-order chi connectivity index (χ1) is 5.49. The van der Waals surface area contributed by atoms with Gasteiger partial charge in [-0.25, -0.2) is 4.79 Å². The molecule has 0 aliphatic carbocycles. The first-order valence-electron chi connectivity index (χ1n) is 3.17. The zero-order chi connectivity index (χ0) is 9.72. The first kappa shape index (κ1) is 11.0. The predicted octanol–water partition coefficient (Wildman–Crippen LogP) is 1.77. The van der Waals surface area contributed by atoms with Crippen LogP contribution in [-0.4, -0.2) is 11.1 Å². The van der Waals surface area contributed by atoms with E-state index in [9.17, 15) is 4.79 Å². The summed E-state index contributed by atoms with van der Waals surface area (Å²) < 4.78 is 0.657. The molecule has 4 heteroatoms. The normalized spacial score (nSPS) is 12.8. The van der Waals surface area contributed by atoms with Crippen LogP contribution in [0.15, 0.2) is 34.5 Å². The van der Waals surface area contributed by atoms with E-state index in [-0.39, 0.29) is 5.57 Å². The van der Waals surface area contributed by atoms with Gasteiger partial charge in [0.1, 0.15) is 0 Å². The summed E-state index contributed by atoms with van der Waals surface area (Å²) in [5.41, 5.74) is 5.96. The average molecular weight is 232 g/mol. The van der Waals surface area contributed by atoms with Crippen molar-refractivity contribution in [2.45, 2.75) is 6.92 Å². The second kappa shape index (κ2) is 4.77. The van der Waals surface area contributed by atoms with Crippen LogP contribution in [0.3, 0.4) is 0 Å². The molecule has 0 aromatic heterocycles. The molecular formula is C8H10BrNO2. The topological polar surface area (TPSA) is 63.3 Å². The van der Waals surface area contributed by atoms with Crippen molar-refractivity contribution < 1.29 is 9.90 Å². The monoisotopic (exact) mass is 231 g/mol. The highest BCUT2D eigenvalue weighted by molar-refractivity contribution is 9.11. The molecule has 3 nitrogen and oxygen atoms in total. The molecule has 0 bridgehead atoms. The number of carboxylic acid groups (broad SMARTS) is 1. The maximum atomic E-state index is 10.3. The van der Waals surface area contributed by atoms with E-state index >= 15 is 0 Å². The van der Waals surface area contributed by atoms with Crippen LogP contribution in [0.1, 0.15) is 6.92 Å². The van der Waals surface area contributed by atoms with E-state index in [0.29, 0.717) is 4.48 Å². The SMILES string of the molecule is C=C(/C=C(C)\C(Br)=C/N)C(=O)O. The molecule has 0 fully saturated rings. The minimum Gasteiger partial charge on any atom is -0.478 e. The van der Waals surface area contributed by atoms with E-state index in [1.165, 1.54) is 12.3 Å². The summed E-state index contributed by atoms with van der Waals surface area (Å²) in [5, 5.41) is 8.48. The molecule has 12 heavy (non-hydrogen) atoms. The lowest BCUT2D eigenvalue weighted by Gasteiger charge is -1.97. The van der Waals surface area contributed by atoms with Crippen LogP contribution in [0.25, 0.3) is 0 Å². The van der Waals surface area contributed by atoms with Crippen molar-refractivity contribution in [1.82, 2.24) is 0 Å². The molecular weight excluding hydrogens is 222 g/mol. The smallest absolute Gasteiger partial charge is 0.335 e. The maximum Gasteiger partial charge on any atom is 0.335 e. The number of rotatable bonds is 3. The Labute approximate surface area is 79.4 Å². The van der Waals surface area contributed by atoms with E-state index in [1.807, 2.05) is 0 Å². The van der Waals surface area contributed by atoms with E-state index in [1.54, 1.807) is 6.92 Å². The lowest BCUT2D eigenvalue weighted by Crippen LogP contribution is -1.96. The molecule has 0 spiro atoms. The Balaban J connectivity index is 4.58. The van der Waals surface area contributed by atoms with E-state index in [2.05, 4.69) is 22.5 Å². The zero-order valence-corrected chi connectivity index (χ0v) is 8.26. The van der Waals surface area contributed by atoms with E-state index in [0.717, 1.165) is 5.57 Å². The van der Waals surface area contributed by atoms with Gasteiger partial charge in [-0.1, -0.05) is 6.58 Å². The Kier molecular flexibility index (Phi) is 4.36. The summed E-state index contributed by atoms with van der Waals surface area (Å²) in [6.07, 6.45) is 2.79. The molecule has 0 aliphatic heterocycles. The quantitative estimate of drug-likeness (QED) is 0.575. The van der Waals surface area contributed by atoms with Gasteiger partial charge >= 0.3 is 5.97 Å². The van der Waals surface area contributed by atoms with Gasteiger partial charge in [-0.2, -0.15) is 0 Å². The Morgan fingerprint density at radius 2 is 2.17 bits per heavy atom. The minimum absolute atomic E-state index is 0.0336. The van der Waals surface area contributed by atoms with Crippen LogP contribution in [0, 0.1) is 0 Å². The van der Waals surface area contributed by atoms with Crippen LogP contribution < -0.4 is 5.73 Å². The van der Waals surface area contributed by atoms with Gasteiger partial charge in [0.25, 0.3) is 0 Å². The van der Waals surface area contributed by atoms with Gasteiger partial charge in [0.15, 0.2) is 0 Å². The molecule has 0 saturated heterocycles. The molecule has 3 N–H and O–H groups in total. The second-order valence-electron chi connectivity index (χ2n) is 2.17. The van der Waals surface area contributed by atoms with Crippen molar-refractivity contribution in [3.8, 4) is 0 Å². The summed E-state index contributed by atoms with van der Waals surface area (Å²) in [6, 6.07) is 0. The molecule has 66 valence electrons. The maximum absolute atomic E-state index is 10.3. The molecule has 0 unspecified atom stereocenters. The third kappa shape index (κ3) is 3.39. The highest BCUT2D eigenvalue weighted by atomic mass is 79.9. The summed E-state index contributed by atoms with van der Waals surface area (Å²) in [6.45, 7) is 5.08. The van der Waals surface area contributed by atoms with Crippen LogP contribution in [0.5, 0.6) is 0 Å².